The van der Waals surface area contributed by atoms with Gasteiger partial charge >= 0.3 is 0 Å². The van der Waals surface area contributed by atoms with Crippen LogP contribution in [-0.4, -0.2) is 75.3 Å². The zero-order valence-corrected chi connectivity index (χ0v) is 22.7. The number of amides is 2. The first kappa shape index (κ1) is 27.3. The largest absolute Gasteiger partial charge is 0.369 e. The van der Waals surface area contributed by atoms with Crippen molar-refractivity contribution in [1.82, 2.24) is 14.8 Å². The van der Waals surface area contributed by atoms with E-state index in [0.717, 1.165) is 11.0 Å². The zero-order chi connectivity index (χ0) is 27.1. The van der Waals surface area contributed by atoms with Gasteiger partial charge in [-0.3, -0.25) is 24.7 Å². The highest BCUT2D eigenvalue weighted by Gasteiger charge is 2.51. The highest BCUT2D eigenvalue weighted by Crippen LogP contribution is 2.38. The molecular weight excluding hydrogens is 627 g/mol. The van der Waals surface area contributed by atoms with Gasteiger partial charge in [0.05, 0.1) is 22.6 Å². The minimum absolute atomic E-state index is 0.0775. The van der Waals surface area contributed by atoms with E-state index in [2.05, 4.69) is 42.2 Å². The summed E-state index contributed by atoms with van der Waals surface area (Å²) >= 11 is 6.33. The van der Waals surface area contributed by atoms with Crippen molar-refractivity contribution < 1.29 is 27.7 Å². The normalized spacial score (nSPS) is 20.5. The van der Waals surface area contributed by atoms with Crippen molar-refractivity contribution in [2.75, 3.05) is 31.5 Å². The van der Waals surface area contributed by atoms with E-state index in [4.69, 9.17) is 0 Å². The number of hydrogen-bond donors (Lipinski definition) is 1. The first-order chi connectivity index (χ1) is 17.3. The van der Waals surface area contributed by atoms with Gasteiger partial charge in [-0.25, -0.2) is 13.2 Å². The highest BCUT2D eigenvalue weighted by molar-refractivity contribution is 9.10. The van der Waals surface area contributed by atoms with Gasteiger partial charge in [-0.05, 0) is 47.8 Å². The maximum Gasteiger partial charge on any atom is 0.294 e. The van der Waals surface area contributed by atoms with E-state index in [0.29, 0.717) is 4.47 Å². The van der Waals surface area contributed by atoms with Gasteiger partial charge in [-0.15, -0.1) is 0 Å². The molecule has 1 unspecified atom stereocenters. The molecule has 37 heavy (non-hydrogen) atoms. The number of piperidine rings is 1. The molecule has 2 amide bonds. The molecule has 1 atom stereocenters. The van der Waals surface area contributed by atoms with Gasteiger partial charge in [0.15, 0.2) is 0 Å². The summed E-state index contributed by atoms with van der Waals surface area (Å²) in [6.45, 7) is 0.196. The number of nitrogens with zero attached hydrogens (tertiary/aromatic N) is 4. The molecule has 0 aliphatic carbocycles. The molecule has 0 saturated carbocycles. The number of nitrogens with one attached hydrogen (secondary N) is 1. The van der Waals surface area contributed by atoms with E-state index in [1.807, 2.05) is 0 Å². The minimum atomic E-state index is -3.46. The van der Waals surface area contributed by atoms with Gasteiger partial charge in [0, 0.05) is 47.0 Å². The molecule has 2 saturated heterocycles. The molecular formula is C23H22Br2F3N5O4. The zero-order valence-electron chi connectivity index (χ0n) is 19.5. The summed E-state index contributed by atoms with van der Waals surface area (Å²) in [5.74, 6) is -4.78. The van der Waals surface area contributed by atoms with Gasteiger partial charge in [0.1, 0.15) is 17.4 Å². The molecule has 3 heterocycles. The second-order valence-electron chi connectivity index (χ2n) is 9.35. The minimum Gasteiger partial charge on any atom is -0.369 e. The number of carbonyl (C=O) groups is 2. The van der Waals surface area contributed by atoms with Crippen LogP contribution >= 0.6 is 31.9 Å². The molecule has 1 aromatic heterocycles. The fourth-order valence-corrected chi connectivity index (χ4v) is 5.19. The Morgan fingerprint density at radius 3 is 2.38 bits per heavy atom. The van der Waals surface area contributed by atoms with Crippen molar-refractivity contribution in [3.8, 4) is 0 Å². The smallest absolute Gasteiger partial charge is 0.294 e. The average Bonchev–Trinajstić information content (AvgIpc) is 3.12. The number of pyridine rings is 1. The number of benzene rings is 1. The number of carbonyl (C=O) groups excluding carboxylic acids is 2. The Bertz CT molecular complexity index is 1250. The van der Waals surface area contributed by atoms with Crippen molar-refractivity contribution in [2.24, 2.45) is 0 Å². The number of rotatable bonds is 5. The third-order valence-corrected chi connectivity index (χ3v) is 7.37. The third-order valence-electron chi connectivity index (χ3n) is 6.47. The van der Waals surface area contributed by atoms with Gasteiger partial charge < -0.3 is 15.1 Å². The first-order valence-corrected chi connectivity index (χ1v) is 12.9. The van der Waals surface area contributed by atoms with Crippen LogP contribution in [0.2, 0.25) is 0 Å². The van der Waals surface area contributed by atoms with Crippen molar-refractivity contribution in [3.05, 3.63) is 60.8 Å². The number of nitro groups is 1. The lowest BCUT2D eigenvalue weighted by Gasteiger charge is -2.34. The molecule has 2 aromatic rings. The lowest BCUT2D eigenvalue weighted by molar-refractivity contribution is -0.384. The van der Waals surface area contributed by atoms with Crippen LogP contribution in [0.1, 0.15) is 40.5 Å². The summed E-state index contributed by atoms with van der Waals surface area (Å²) in [7, 11) is 0. The molecule has 2 fully saturated rings. The Kier molecular flexibility index (Phi) is 7.52. The van der Waals surface area contributed by atoms with E-state index in [-0.39, 0.29) is 47.2 Å². The van der Waals surface area contributed by atoms with Crippen LogP contribution in [0.15, 0.2) is 39.5 Å². The fraction of sp³-hybridized carbons (Fsp3) is 0.435. The second-order valence-corrected chi connectivity index (χ2v) is 11.2. The predicted octanol–water partition coefficient (Wildman–Crippen LogP) is 5.05. The summed E-state index contributed by atoms with van der Waals surface area (Å²) < 4.78 is 45.1. The summed E-state index contributed by atoms with van der Waals surface area (Å²) in [6, 6.07) is 2.16. The third kappa shape index (κ3) is 5.89. The lowest BCUT2D eigenvalue weighted by Crippen LogP contribution is -2.44. The van der Waals surface area contributed by atoms with E-state index in [9.17, 15) is 24.1 Å². The number of likely N-dealkylation sites (tertiary alicyclic amines) is 2. The Hall–Kier alpha value is -2.74. The maximum atomic E-state index is 15.1. The van der Waals surface area contributed by atoms with Gasteiger partial charge in [-0.2, -0.15) is 0 Å². The van der Waals surface area contributed by atoms with Crippen molar-refractivity contribution in [1.29, 1.82) is 0 Å². The van der Waals surface area contributed by atoms with E-state index in [1.165, 1.54) is 36.4 Å². The first-order valence-electron chi connectivity index (χ1n) is 11.3. The van der Waals surface area contributed by atoms with Gasteiger partial charge in [0.2, 0.25) is 0 Å². The van der Waals surface area contributed by atoms with E-state index in [1.54, 1.807) is 0 Å². The molecule has 4 rings (SSSR count). The molecule has 0 bridgehead atoms. The number of halogens is 5. The number of anilines is 1. The van der Waals surface area contributed by atoms with Crippen molar-refractivity contribution in [3.63, 3.8) is 0 Å². The molecule has 1 aromatic carbocycles. The molecule has 0 radical (unpaired) electrons. The van der Waals surface area contributed by atoms with Crippen LogP contribution in [-0.2, 0) is 0 Å². The molecule has 0 spiro atoms. The van der Waals surface area contributed by atoms with Gasteiger partial charge in [-0.1, -0.05) is 15.9 Å². The van der Waals surface area contributed by atoms with Crippen molar-refractivity contribution in [2.45, 2.75) is 37.4 Å². The monoisotopic (exact) mass is 647 g/mol. The molecule has 2 aliphatic heterocycles. The fourth-order valence-electron chi connectivity index (χ4n) is 4.38. The molecule has 198 valence electrons. The number of alkyl halides is 3. The van der Waals surface area contributed by atoms with Gasteiger partial charge in [0.25, 0.3) is 23.4 Å². The standard InChI is InChI=1S/C23H22Br2F3N5O4/c1-22(26)2-4-31(5-3-22)21(35)16-7-14(24)8-17(33(36)37)19(16)30-18-11-32(12-23(18,27)28)20(34)13-6-15(25)10-29-9-13/h6-10,18,30H,2-5,11-12H2,1H3. The number of nitro benzene ring substituents is 1. The van der Waals surface area contributed by atoms with Crippen LogP contribution in [0.5, 0.6) is 0 Å². The summed E-state index contributed by atoms with van der Waals surface area (Å²) in [5.41, 5.74) is -2.49. The maximum absolute atomic E-state index is 15.1. The predicted molar refractivity (Wildman–Crippen MR) is 136 cm³/mol. The number of aromatic nitrogens is 1. The van der Waals surface area contributed by atoms with Crippen LogP contribution in [0.25, 0.3) is 0 Å². The van der Waals surface area contributed by atoms with E-state index >= 15 is 8.78 Å². The van der Waals surface area contributed by atoms with Crippen LogP contribution < -0.4 is 5.32 Å². The lowest BCUT2D eigenvalue weighted by atomic mass is 9.95. The Morgan fingerprint density at radius 1 is 1.08 bits per heavy atom. The van der Waals surface area contributed by atoms with Crippen molar-refractivity contribution >= 4 is 55.0 Å². The number of hydrogen-bond acceptors (Lipinski definition) is 6. The molecule has 9 nitrogen and oxygen atoms in total. The Labute approximate surface area is 226 Å². The summed E-state index contributed by atoms with van der Waals surface area (Å²) in [4.78, 5) is 43.4. The van der Waals surface area contributed by atoms with E-state index < -0.39 is 53.1 Å². The molecule has 14 heteroatoms. The molecule has 2 aliphatic rings. The van der Waals surface area contributed by atoms with Crippen LogP contribution in [0.3, 0.4) is 0 Å². The SMILES string of the molecule is CC1(F)CCN(C(=O)c2cc(Br)cc([N+](=O)[O-])c2NC2CN(C(=O)c3cncc(Br)c3)CC2(F)F)CC1. The topological polar surface area (TPSA) is 109 Å². The highest BCUT2D eigenvalue weighted by atomic mass is 79.9. The van der Waals surface area contributed by atoms with Crippen LogP contribution in [0.4, 0.5) is 24.5 Å². The average molecular weight is 649 g/mol. The Balaban J connectivity index is 1.64. The Morgan fingerprint density at radius 2 is 1.76 bits per heavy atom. The summed E-state index contributed by atoms with van der Waals surface area (Å²) in [6.07, 6.45) is 2.87. The molecule has 1 N–H and O–H groups in total. The van der Waals surface area contributed by atoms with Crippen LogP contribution in [0, 0.1) is 10.1 Å². The summed E-state index contributed by atoms with van der Waals surface area (Å²) in [5, 5.41) is 14.3. The quantitative estimate of drug-likeness (QED) is 0.359. The second kappa shape index (κ2) is 10.2.